The first-order valence-electron chi connectivity index (χ1n) is 9.30. The van der Waals surface area contributed by atoms with E-state index in [1.807, 2.05) is 6.92 Å². The summed E-state index contributed by atoms with van der Waals surface area (Å²) in [6.45, 7) is 2.27. The predicted octanol–water partition coefficient (Wildman–Crippen LogP) is 6.45. The van der Waals surface area contributed by atoms with E-state index in [1.54, 1.807) is 36.4 Å². The zero-order valence-electron chi connectivity index (χ0n) is 16.8. The topological polar surface area (TPSA) is 67.8 Å². The third-order valence-corrected chi connectivity index (χ3v) is 5.81. The van der Waals surface area contributed by atoms with Crippen molar-refractivity contribution < 1.29 is 23.8 Å². The number of nitrogens with one attached hydrogen (secondary N) is 1. The SMILES string of the molecule is COc1cc(CNc2cc(C(=O)O)ccc2C)c(Br)cc1OCc1c(F)cccc1Cl. The summed E-state index contributed by atoms with van der Waals surface area (Å²) in [5.41, 5.74) is 2.99. The highest BCUT2D eigenvalue weighted by atomic mass is 79.9. The lowest BCUT2D eigenvalue weighted by molar-refractivity contribution is 0.0697. The fourth-order valence-electron chi connectivity index (χ4n) is 2.94. The normalized spacial score (nSPS) is 10.6. The quantitative estimate of drug-likeness (QED) is 0.366. The van der Waals surface area contributed by atoms with E-state index >= 15 is 0 Å². The molecule has 5 nitrogen and oxygen atoms in total. The Hall–Kier alpha value is -2.77. The number of aromatic carboxylic acids is 1. The molecule has 0 unspecified atom stereocenters. The van der Waals surface area contributed by atoms with Crippen LogP contribution in [0.5, 0.6) is 11.5 Å². The zero-order chi connectivity index (χ0) is 22.5. The number of halogens is 3. The molecular formula is C23H20BrClFNO4. The third-order valence-electron chi connectivity index (χ3n) is 4.72. The molecule has 0 radical (unpaired) electrons. The molecule has 8 heteroatoms. The number of hydrogen-bond donors (Lipinski definition) is 2. The van der Waals surface area contributed by atoms with Gasteiger partial charge in [-0.25, -0.2) is 9.18 Å². The van der Waals surface area contributed by atoms with Crippen LogP contribution in [-0.2, 0) is 13.2 Å². The number of hydrogen-bond acceptors (Lipinski definition) is 4. The number of aryl methyl sites for hydroxylation is 1. The molecular weight excluding hydrogens is 489 g/mol. The Bertz CT molecular complexity index is 1100. The van der Waals surface area contributed by atoms with E-state index < -0.39 is 11.8 Å². The van der Waals surface area contributed by atoms with Crippen LogP contribution in [0.3, 0.4) is 0 Å². The molecule has 0 aliphatic carbocycles. The van der Waals surface area contributed by atoms with Gasteiger partial charge in [0.1, 0.15) is 12.4 Å². The van der Waals surface area contributed by atoms with Gasteiger partial charge < -0.3 is 19.9 Å². The van der Waals surface area contributed by atoms with Crippen molar-refractivity contribution in [1.29, 1.82) is 0 Å². The number of rotatable bonds is 8. The minimum atomic E-state index is -0.984. The summed E-state index contributed by atoms with van der Waals surface area (Å²) in [6.07, 6.45) is 0. The maximum absolute atomic E-state index is 14.0. The fraction of sp³-hybridized carbons (Fsp3) is 0.174. The van der Waals surface area contributed by atoms with Crippen LogP contribution < -0.4 is 14.8 Å². The highest BCUT2D eigenvalue weighted by Crippen LogP contribution is 2.35. The van der Waals surface area contributed by atoms with Crippen molar-refractivity contribution in [3.05, 3.63) is 86.1 Å². The number of carbonyl (C=O) groups is 1. The van der Waals surface area contributed by atoms with Crippen molar-refractivity contribution in [2.24, 2.45) is 0 Å². The number of benzene rings is 3. The molecule has 3 aromatic rings. The standard InChI is InChI=1S/C23H20BrClFNO4/c1-13-6-7-14(23(28)29)8-20(13)27-11-15-9-21(30-2)22(10-17(15)24)31-12-16-18(25)4-3-5-19(16)26/h3-10,27H,11-12H2,1-2H3,(H,28,29). The summed E-state index contributed by atoms with van der Waals surface area (Å²) in [5, 5.41) is 12.7. The molecule has 0 heterocycles. The van der Waals surface area contributed by atoms with E-state index in [2.05, 4.69) is 21.2 Å². The Kier molecular flexibility index (Phi) is 7.41. The average Bonchev–Trinajstić information content (AvgIpc) is 2.73. The highest BCUT2D eigenvalue weighted by Gasteiger charge is 2.14. The van der Waals surface area contributed by atoms with Crippen LogP contribution in [-0.4, -0.2) is 18.2 Å². The van der Waals surface area contributed by atoms with E-state index in [9.17, 15) is 14.3 Å². The van der Waals surface area contributed by atoms with E-state index in [0.717, 1.165) is 21.3 Å². The van der Waals surface area contributed by atoms with Crippen LogP contribution in [0, 0.1) is 12.7 Å². The maximum Gasteiger partial charge on any atom is 0.335 e. The van der Waals surface area contributed by atoms with Crippen LogP contribution in [0.25, 0.3) is 0 Å². The van der Waals surface area contributed by atoms with Gasteiger partial charge in [-0.2, -0.15) is 0 Å². The second kappa shape index (κ2) is 10.0. The Morgan fingerprint density at radius 3 is 2.65 bits per heavy atom. The number of anilines is 1. The minimum absolute atomic E-state index is 0.0485. The first kappa shape index (κ1) is 22.9. The molecule has 0 amide bonds. The van der Waals surface area contributed by atoms with Gasteiger partial charge in [0.15, 0.2) is 11.5 Å². The largest absolute Gasteiger partial charge is 0.493 e. The summed E-state index contributed by atoms with van der Waals surface area (Å²) in [7, 11) is 1.52. The van der Waals surface area contributed by atoms with Gasteiger partial charge in [0.25, 0.3) is 0 Å². The van der Waals surface area contributed by atoms with Gasteiger partial charge in [0.2, 0.25) is 0 Å². The lowest BCUT2D eigenvalue weighted by Crippen LogP contribution is -2.06. The molecule has 0 saturated carbocycles. The van der Waals surface area contributed by atoms with Crippen molar-refractivity contribution in [3.63, 3.8) is 0 Å². The first-order valence-corrected chi connectivity index (χ1v) is 10.5. The van der Waals surface area contributed by atoms with Crippen molar-refractivity contribution in [1.82, 2.24) is 0 Å². The molecule has 0 spiro atoms. The Balaban J connectivity index is 1.78. The summed E-state index contributed by atoms with van der Waals surface area (Å²) in [6, 6.07) is 12.9. The van der Waals surface area contributed by atoms with Crippen molar-refractivity contribution in [2.45, 2.75) is 20.1 Å². The summed E-state index contributed by atoms with van der Waals surface area (Å²) < 4.78 is 26.0. The molecule has 0 aromatic heterocycles. The number of ether oxygens (including phenoxy) is 2. The maximum atomic E-state index is 14.0. The number of carboxylic acids is 1. The van der Waals surface area contributed by atoms with Gasteiger partial charge in [-0.15, -0.1) is 0 Å². The summed E-state index contributed by atoms with van der Waals surface area (Å²) >= 11 is 9.59. The molecule has 3 rings (SSSR count). The molecule has 3 aromatic carbocycles. The Morgan fingerprint density at radius 2 is 1.97 bits per heavy atom. The van der Waals surface area contributed by atoms with E-state index in [0.29, 0.717) is 18.0 Å². The number of methoxy groups -OCH3 is 1. The first-order chi connectivity index (χ1) is 14.8. The van der Waals surface area contributed by atoms with Gasteiger partial charge in [-0.1, -0.05) is 39.7 Å². The molecule has 0 atom stereocenters. The smallest absolute Gasteiger partial charge is 0.335 e. The molecule has 0 aliphatic rings. The predicted molar refractivity (Wildman–Crippen MR) is 122 cm³/mol. The molecule has 31 heavy (non-hydrogen) atoms. The van der Waals surface area contributed by atoms with Crippen molar-refractivity contribution >= 4 is 39.2 Å². The average molecular weight is 509 g/mol. The van der Waals surface area contributed by atoms with E-state index in [-0.39, 0.29) is 22.8 Å². The Morgan fingerprint density at radius 1 is 1.19 bits per heavy atom. The van der Waals surface area contributed by atoms with Crippen LogP contribution in [0.15, 0.2) is 53.0 Å². The van der Waals surface area contributed by atoms with E-state index in [4.69, 9.17) is 21.1 Å². The molecule has 2 N–H and O–H groups in total. The van der Waals surface area contributed by atoms with Crippen LogP contribution in [0.4, 0.5) is 10.1 Å². The van der Waals surface area contributed by atoms with Gasteiger partial charge in [0.05, 0.1) is 17.7 Å². The van der Waals surface area contributed by atoms with Gasteiger partial charge in [-0.3, -0.25) is 0 Å². The summed E-state index contributed by atoms with van der Waals surface area (Å²) in [4.78, 5) is 11.2. The summed E-state index contributed by atoms with van der Waals surface area (Å²) in [5.74, 6) is -0.516. The molecule has 0 saturated heterocycles. The van der Waals surface area contributed by atoms with Crippen molar-refractivity contribution in [2.75, 3.05) is 12.4 Å². The van der Waals surface area contributed by atoms with Crippen LogP contribution >= 0.6 is 27.5 Å². The van der Waals surface area contributed by atoms with E-state index in [1.165, 1.54) is 19.2 Å². The lowest BCUT2D eigenvalue weighted by Gasteiger charge is -2.16. The molecule has 0 aliphatic heterocycles. The molecule has 0 bridgehead atoms. The highest BCUT2D eigenvalue weighted by molar-refractivity contribution is 9.10. The van der Waals surface area contributed by atoms with Gasteiger partial charge >= 0.3 is 5.97 Å². The second-order valence-electron chi connectivity index (χ2n) is 6.77. The van der Waals surface area contributed by atoms with Crippen LogP contribution in [0.2, 0.25) is 5.02 Å². The fourth-order valence-corrected chi connectivity index (χ4v) is 3.62. The minimum Gasteiger partial charge on any atom is -0.493 e. The zero-order valence-corrected chi connectivity index (χ0v) is 19.2. The molecule has 162 valence electrons. The second-order valence-corrected chi connectivity index (χ2v) is 8.03. The lowest BCUT2D eigenvalue weighted by atomic mass is 10.1. The molecule has 0 fully saturated rings. The van der Waals surface area contributed by atoms with Gasteiger partial charge in [0, 0.05) is 22.3 Å². The van der Waals surface area contributed by atoms with Crippen LogP contribution in [0.1, 0.15) is 27.0 Å². The van der Waals surface area contributed by atoms with Gasteiger partial charge in [-0.05, 0) is 54.4 Å². The van der Waals surface area contributed by atoms with Crippen molar-refractivity contribution in [3.8, 4) is 11.5 Å². The third kappa shape index (κ3) is 5.48. The monoisotopic (exact) mass is 507 g/mol. The number of carboxylic acid groups (broad SMARTS) is 1. The Labute approximate surface area is 192 Å².